The van der Waals surface area contributed by atoms with Gasteiger partial charge in [0.1, 0.15) is 0 Å². The Morgan fingerprint density at radius 1 is 1.20 bits per heavy atom. The summed E-state index contributed by atoms with van der Waals surface area (Å²) in [6.45, 7) is 9.43. The SMILES string of the molecule is CC(C)CN1CCC(CCCCN)CC1. The maximum absolute atomic E-state index is 5.51. The summed E-state index contributed by atoms with van der Waals surface area (Å²) in [5.74, 6) is 1.80. The Kier molecular flexibility index (Phi) is 6.26. The van der Waals surface area contributed by atoms with E-state index in [0.29, 0.717) is 0 Å². The summed E-state index contributed by atoms with van der Waals surface area (Å²) in [5, 5.41) is 0. The summed E-state index contributed by atoms with van der Waals surface area (Å²) in [7, 11) is 0. The molecular weight excluding hydrogens is 184 g/mol. The maximum Gasteiger partial charge on any atom is 0.000439 e. The van der Waals surface area contributed by atoms with Gasteiger partial charge in [-0.15, -0.1) is 0 Å². The number of piperidine rings is 1. The second-order valence-electron chi connectivity index (χ2n) is 5.42. The van der Waals surface area contributed by atoms with E-state index in [4.69, 9.17) is 5.73 Å². The molecule has 1 aliphatic rings. The average molecular weight is 212 g/mol. The predicted molar refractivity (Wildman–Crippen MR) is 66.9 cm³/mol. The fraction of sp³-hybridized carbons (Fsp3) is 1.00. The fourth-order valence-corrected chi connectivity index (χ4v) is 2.55. The molecule has 0 unspecified atom stereocenters. The van der Waals surface area contributed by atoms with Crippen LogP contribution in [0.4, 0.5) is 0 Å². The zero-order chi connectivity index (χ0) is 11.1. The highest BCUT2D eigenvalue weighted by Gasteiger charge is 2.18. The van der Waals surface area contributed by atoms with Crippen LogP contribution < -0.4 is 5.73 Å². The minimum atomic E-state index is 0.818. The number of hydrogen-bond donors (Lipinski definition) is 1. The Balaban J connectivity index is 2.07. The molecule has 2 nitrogen and oxygen atoms in total. The van der Waals surface area contributed by atoms with Crippen LogP contribution in [0.5, 0.6) is 0 Å². The third-order valence-corrected chi connectivity index (χ3v) is 3.40. The summed E-state index contributed by atoms with van der Waals surface area (Å²) in [6.07, 6.45) is 6.79. The maximum atomic E-state index is 5.51. The first-order valence-electron chi connectivity index (χ1n) is 6.64. The van der Waals surface area contributed by atoms with Crippen molar-refractivity contribution in [2.24, 2.45) is 17.6 Å². The lowest BCUT2D eigenvalue weighted by atomic mass is 9.91. The van der Waals surface area contributed by atoms with Gasteiger partial charge in [-0.25, -0.2) is 0 Å². The molecule has 0 spiro atoms. The van der Waals surface area contributed by atoms with E-state index in [1.54, 1.807) is 0 Å². The lowest BCUT2D eigenvalue weighted by molar-refractivity contribution is 0.162. The van der Waals surface area contributed by atoms with Crippen LogP contribution in [-0.2, 0) is 0 Å². The highest BCUT2D eigenvalue weighted by Crippen LogP contribution is 2.22. The Labute approximate surface area is 95.2 Å². The molecule has 1 fully saturated rings. The molecule has 0 atom stereocenters. The van der Waals surface area contributed by atoms with Gasteiger partial charge < -0.3 is 10.6 Å². The average Bonchev–Trinajstić information content (AvgIpc) is 2.20. The highest BCUT2D eigenvalue weighted by atomic mass is 15.1. The third-order valence-electron chi connectivity index (χ3n) is 3.40. The molecule has 1 aliphatic heterocycles. The minimum absolute atomic E-state index is 0.818. The summed E-state index contributed by atoms with van der Waals surface area (Å²) < 4.78 is 0. The molecule has 0 saturated carbocycles. The van der Waals surface area contributed by atoms with Crippen LogP contribution >= 0.6 is 0 Å². The van der Waals surface area contributed by atoms with Crippen LogP contribution in [0.2, 0.25) is 0 Å². The number of unbranched alkanes of at least 4 members (excludes halogenated alkanes) is 1. The molecule has 1 saturated heterocycles. The zero-order valence-corrected chi connectivity index (χ0v) is 10.5. The number of rotatable bonds is 6. The van der Waals surface area contributed by atoms with Crippen LogP contribution in [-0.4, -0.2) is 31.1 Å². The topological polar surface area (TPSA) is 29.3 Å². The quantitative estimate of drug-likeness (QED) is 0.685. The number of nitrogens with two attached hydrogens (primary N) is 1. The first-order valence-corrected chi connectivity index (χ1v) is 6.64. The van der Waals surface area contributed by atoms with E-state index in [1.165, 1.54) is 51.7 Å². The molecule has 0 amide bonds. The molecule has 90 valence electrons. The smallest absolute Gasteiger partial charge is 0.000439 e. The fourth-order valence-electron chi connectivity index (χ4n) is 2.55. The van der Waals surface area contributed by atoms with Gasteiger partial charge in [0, 0.05) is 6.54 Å². The predicted octanol–water partition coefficient (Wildman–Crippen LogP) is 2.48. The van der Waals surface area contributed by atoms with Gasteiger partial charge in [0.15, 0.2) is 0 Å². The molecular formula is C13H28N2. The van der Waals surface area contributed by atoms with Crippen molar-refractivity contribution in [2.45, 2.75) is 46.0 Å². The monoisotopic (exact) mass is 212 g/mol. The van der Waals surface area contributed by atoms with Crippen molar-refractivity contribution in [2.75, 3.05) is 26.2 Å². The van der Waals surface area contributed by atoms with E-state index < -0.39 is 0 Å². The van der Waals surface area contributed by atoms with E-state index >= 15 is 0 Å². The van der Waals surface area contributed by atoms with Crippen LogP contribution in [0.1, 0.15) is 46.0 Å². The molecule has 2 N–H and O–H groups in total. The van der Waals surface area contributed by atoms with Crippen LogP contribution in [0, 0.1) is 11.8 Å². The van der Waals surface area contributed by atoms with Gasteiger partial charge in [0.25, 0.3) is 0 Å². The van der Waals surface area contributed by atoms with Gasteiger partial charge in [-0.2, -0.15) is 0 Å². The van der Waals surface area contributed by atoms with Gasteiger partial charge in [0.05, 0.1) is 0 Å². The minimum Gasteiger partial charge on any atom is -0.330 e. The lowest BCUT2D eigenvalue weighted by Crippen LogP contribution is -2.36. The molecule has 0 aromatic heterocycles. The van der Waals surface area contributed by atoms with Gasteiger partial charge >= 0.3 is 0 Å². The first-order chi connectivity index (χ1) is 7.22. The van der Waals surface area contributed by atoms with Crippen molar-refractivity contribution in [1.29, 1.82) is 0 Å². The Hall–Kier alpha value is -0.0800. The normalized spacial score (nSPS) is 20.0. The van der Waals surface area contributed by atoms with E-state index in [1.807, 2.05) is 0 Å². The summed E-state index contributed by atoms with van der Waals surface area (Å²) in [4.78, 5) is 2.63. The zero-order valence-electron chi connectivity index (χ0n) is 10.5. The van der Waals surface area contributed by atoms with Crippen molar-refractivity contribution in [3.63, 3.8) is 0 Å². The molecule has 2 heteroatoms. The molecule has 1 heterocycles. The van der Waals surface area contributed by atoms with E-state index in [2.05, 4.69) is 18.7 Å². The number of hydrogen-bond acceptors (Lipinski definition) is 2. The molecule has 0 aliphatic carbocycles. The van der Waals surface area contributed by atoms with Gasteiger partial charge in [0.2, 0.25) is 0 Å². The highest BCUT2D eigenvalue weighted by molar-refractivity contribution is 4.73. The van der Waals surface area contributed by atoms with Crippen LogP contribution in [0.25, 0.3) is 0 Å². The molecule has 15 heavy (non-hydrogen) atoms. The summed E-state index contributed by atoms with van der Waals surface area (Å²) in [6, 6.07) is 0. The van der Waals surface area contributed by atoms with Crippen molar-refractivity contribution in [3.8, 4) is 0 Å². The Morgan fingerprint density at radius 2 is 1.87 bits per heavy atom. The van der Waals surface area contributed by atoms with Crippen molar-refractivity contribution < 1.29 is 0 Å². The summed E-state index contributed by atoms with van der Waals surface area (Å²) >= 11 is 0. The standard InChI is InChI=1S/C13H28N2/c1-12(2)11-15-9-6-13(7-10-15)5-3-4-8-14/h12-13H,3-11,14H2,1-2H3. The van der Waals surface area contributed by atoms with Crippen molar-refractivity contribution in [1.82, 2.24) is 4.90 Å². The van der Waals surface area contributed by atoms with E-state index in [0.717, 1.165) is 18.4 Å². The number of likely N-dealkylation sites (tertiary alicyclic amines) is 1. The van der Waals surface area contributed by atoms with Gasteiger partial charge in [-0.1, -0.05) is 26.7 Å². The molecule has 1 rings (SSSR count). The largest absolute Gasteiger partial charge is 0.330 e. The van der Waals surface area contributed by atoms with Crippen LogP contribution in [0.3, 0.4) is 0 Å². The lowest BCUT2D eigenvalue weighted by Gasteiger charge is -2.33. The van der Waals surface area contributed by atoms with E-state index in [9.17, 15) is 0 Å². The van der Waals surface area contributed by atoms with Crippen molar-refractivity contribution >= 4 is 0 Å². The van der Waals surface area contributed by atoms with Crippen molar-refractivity contribution in [3.05, 3.63) is 0 Å². The molecule has 0 aromatic carbocycles. The summed E-state index contributed by atoms with van der Waals surface area (Å²) in [5.41, 5.74) is 5.51. The van der Waals surface area contributed by atoms with E-state index in [-0.39, 0.29) is 0 Å². The second kappa shape index (κ2) is 7.24. The number of nitrogens with zero attached hydrogens (tertiary/aromatic N) is 1. The van der Waals surface area contributed by atoms with Crippen LogP contribution in [0.15, 0.2) is 0 Å². The molecule has 0 aromatic rings. The Morgan fingerprint density at radius 3 is 2.40 bits per heavy atom. The second-order valence-corrected chi connectivity index (χ2v) is 5.42. The molecule has 0 radical (unpaired) electrons. The Bertz CT molecular complexity index is 149. The first kappa shape index (κ1) is 13.0. The molecule has 0 bridgehead atoms. The third kappa shape index (κ3) is 5.53. The van der Waals surface area contributed by atoms with Gasteiger partial charge in [-0.3, -0.25) is 0 Å². The van der Waals surface area contributed by atoms with Gasteiger partial charge in [-0.05, 0) is 50.7 Å².